The number of amides is 2. The molecule has 0 radical (unpaired) electrons. The third-order valence-electron chi connectivity index (χ3n) is 3.89. The van der Waals surface area contributed by atoms with E-state index < -0.39 is 26.2 Å². The van der Waals surface area contributed by atoms with Crippen LogP contribution in [0.1, 0.15) is 5.56 Å². The van der Waals surface area contributed by atoms with E-state index in [4.69, 9.17) is 4.18 Å². The van der Waals surface area contributed by atoms with Crippen molar-refractivity contribution in [3.05, 3.63) is 84.4 Å². The van der Waals surface area contributed by atoms with Crippen LogP contribution in [0.4, 0.5) is 10.5 Å². The molecular weight excluding hydrogens is 428 g/mol. The quantitative estimate of drug-likeness (QED) is 0.561. The molecule has 8 nitrogen and oxygen atoms in total. The van der Waals surface area contributed by atoms with E-state index in [1.165, 1.54) is 42.5 Å². The number of benzene rings is 3. The summed E-state index contributed by atoms with van der Waals surface area (Å²) >= 11 is 0. The maximum Gasteiger partial charge on any atom is 0.339 e. The molecular formula is C20H18N2O6S2. The van der Waals surface area contributed by atoms with Gasteiger partial charge < -0.3 is 9.50 Å². The van der Waals surface area contributed by atoms with Gasteiger partial charge in [-0.1, -0.05) is 42.0 Å². The molecule has 0 saturated carbocycles. The molecule has 0 aliphatic rings. The number of anilines is 1. The maximum atomic E-state index is 12.4. The average molecular weight is 447 g/mol. The third kappa shape index (κ3) is 5.37. The fourth-order valence-corrected chi connectivity index (χ4v) is 4.32. The van der Waals surface area contributed by atoms with E-state index in [2.05, 4.69) is 5.32 Å². The molecule has 10 heteroatoms. The second-order valence-electron chi connectivity index (χ2n) is 6.25. The molecule has 156 valence electrons. The smallest absolute Gasteiger partial charge is 0.339 e. The zero-order valence-corrected chi connectivity index (χ0v) is 17.4. The first-order valence-corrected chi connectivity index (χ1v) is 11.5. The van der Waals surface area contributed by atoms with E-state index >= 15 is 0 Å². The van der Waals surface area contributed by atoms with E-state index in [1.807, 2.05) is 4.72 Å². The normalized spacial score (nSPS) is 11.5. The molecule has 0 aliphatic heterocycles. The molecule has 0 bridgehead atoms. The van der Waals surface area contributed by atoms with Crippen molar-refractivity contribution in [1.29, 1.82) is 0 Å². The monoisotopic (exact) mass is 446 g/mol. The Morgan fingerprint density at radius 2 is 1.47 bits per heavy atom. The number of aryl methyl sites for hydroxylation is 1. The number of nitrogens with one attached hydrogen (secondary N) is 2. The summed E-state index contributed by atoms with van der Waals surface area (Å²) in [5.74, 6) is 0.137. The lowest BCUT2D eigenvalue weighted by atomic mass is 10.2. The van der Waals surface area contributed by atoms with Crippen LogP contribution in [0, 0.1) is 6.92 Å². The Kier molecular flexibility index (Phi) is 6.09. The summed E-state index contributed by atoms with van der Waals surface area (Å²) in [5, 5.41) is 2.31. The zero-order valence-electron chi connectivity index (χ0n) is 15.8. The fourth-order valence-electron chi connectivity index (χ4n) is 2.44. The van der Waals surface area contributed by atoms with E-state index in [-0.39, 0.29) is 21.2 Å². The first kappa shape index (κ1) is 21.3. The van der Waals surface area contributed by atoms with Crippen LogP contribution in [0.2, 0.25) is 0 Å². The van der Waals surface area contributed by atoms with Crippen LogP contribution in [0.3, 0.4) is 0 Å². The largest absolute Gasteiger partial charge is 0.379 e. The highest BCUT2D eigenvalue weighted by atomic mass is 32.2. The molecule has 0 saturated heterocycles. The van der Waals surface area contributed by atoms with Gasteiger partial charge in [-0.05, 0) is 49.4 Å². The number of carbonyl (C=O) groups is 1. The third-order valence-corrected chi connectivity index (χ3v) is 6.48. The lowest BCUT2D eigenvalue weighted by molar-refractivity contribution is 0.256. The van der Waals surface area contributed by atoms with Gasteiger partial charge in [-0.15, -0.1) is 0 Å². The number of rotatable bonds is 6. The van der Waals surface area contributed by atoms with Crippen LogP contribution in [-0.2, 0) is 20.1 Å². The molecule has 30 heavy (non-hydrogen) atoms. The Bertz CT molecular complexity index is 1260. The lowest BCUT2D eigenvalue weighted by Crippen LogP contribution is -2.34. The highest BCUT2D eigenvalue weighted by molar-refractivity contribution is 7.90. The van der Waals surface area contributed by atoms with E-state index in [9.17, 15) is 21.6 Å². The molecule has 3 rings (SSSR count). The Labute approximate surface area is 174 Å². The Morgan fingerprint density at radius 3 is 2.13 bits per heavy atom. The minimum atomic E-state index is -4.14. The van der Waals surface area contributed by atoms with Gasteiger partial charge in [0.15, 0.2) is 0 Å². The minimum Gasteiger partial charge on any atom is -0.379 e. The van der Waals surface area contributed by atoms with Crippen LogP contribution in [0.5, 0.6) is 5.75 Å². The molecule has 3 aromatic carbocycles. The summed E-state index contributed by atoms with van der Waals surface area (Å²) in [4.78, 5) is 11.9. The minimum absolute atomic E-state index is 0.0733. The number of hydrogen-bond acceptors (Lipinski definition) is 6. The zero-order chi connectivity index (χ0) is 21.8. The lowest BCUT2D eigenvalue weighted by Gasteiger charge is -2.11. The van der Waals surface area contributed by atoms with E-state index in [0.717, 1.165) is 11.6 Å². The van der Waals surface area contributed by atoms with Gasteiger partial charge in [0.1, 0.15) is 10.6 Å². The molecule has 0 unspecified atom stereocenters. The highest BCUT2D eigenvalue weighted by Crippen LogP contribution is 2.21. The predicted octanol–water partition coefficient (Wildman–Crippen LogP) is 3.27. The highest BCUT2D eigenvalue weighted by Gasteiger charge is 2.20. The van der Waals surface area contributed by atoms with Crippen LogP contribution >= 0.6 is 0 Å². The van der Waals surface area contributed by atoms with Crippen molar-refractivity contribution in [3.8, 4) is 5.75 Å². The molecule has 2 amide bonds. The van der Waals surface area contributed by atoms with Crippen LogP contribution in [0.15, 0.2) is 88.7 Å². The van der Waals surface area contributed by atoms with Gasteiger partial charge in [0, 0.05) is 5.69 Å². The van der Waals surface area contributed by atoms with Crippen LogP contribution < -0.4 is 14.2 Å². The molecule has 0 spiro atoms. The molecule has 0 atom stereocenters. The van der Waals surface area contributed by atoms with Gasteiger partial charge in [-0.3, -0.25) is 0 Å². The number of urea groups is 1. The molecule has 0 fully saturated rings. The first-order chi connectivity index (χ1) is 14.2. The van der Waals surface area contributed by atoms with Crippen molar-refractivity contribution in [2.45, 2.75) is 16.7 Å². The number of para-hydroxylation sites is 1. The summed E-state index contributed by atoms with van der Waals surface area (Å²) in [5.41, 5.74) is 0.943. The summed E-state index contributed by atoms with van der Waals surface area (Å²) < 4.78 is 56.4. The Balaban J connectivity index is 1.73. The average Bonchev–Trinajstić information content (AvgIpc) is 2.68. The van der Waals surface area contributed by atoms with Crippen LogP contribution in [-0.4, -0.2) is 22.9 Å². The fraction of sp³-hybridized carbons (Fsp3) is 0.0500. The second kappa shape index (κ2) is 8.56. The number of sulfonamides is 1. The molecule has 0 heterocycles. The van der Waals surface area contributed by atoms with Gasteiger partial charge in [0.2, 0.25) is 0 Å². The van der Waals surface area contributed by atoms with Crippen molar-refractivity contribution in [2.24, 2.45) is 0 Å². The van der Waals surface area contributed by atoms with Crippen molar-refractivity contribution < 1.29 is 25.8 Å². The van der Waals surface area contributed by atoms with Crippen molar-refractivity contribution in [1.82, 2.24) is 4.72 Å². The van der Waals surface area contributed by atoms with Crippen LogP contribution in [0.25, 0.3) is 0 Å². The summed E-state index contributed by atoms with van der Waals surface area (Å²) in [7, 11) is -8.22. The standard InChI is InChI=1S/C20H18N2O6S2/c1-15-10-12-18(13-11-15)29(24,25)22-20(23)21-16-6-5-9-19(14-16)30(26,27)28-17-7-3-2-4-8-17/h2-14H,1H3,(H2,21,22,23). The molecule has 2 N–H and O–H groups in total. The first-order valence-electron chi connectivity index (χ1n) is 8.66. The van der Waals surface area contributed by atoms with Gasteiger partial charge in [-0.25, -0.2) is 17.9 Å². The maximum absolute atomic E-state index is 12.4. The van der Waals surface area contributed by atoms with Crippen molar-refractivity contribution >= 4 is 31.9 Å². The predicted molar refractivity (Wildman–Crippen MR) is 111 cm³/mol. The number of hydrogen-bond donors (Lipinski definition) is 2. The summed E-state index contributed by atoms with van der Waals surface area (Å²) in [6.45, 7) is 1.80. The van der Waals surface area contributed by atoms with E-state index in [1.54, 1.807) is 37.3 Å². The Morgan fingerprint density at radius 1 is 0.800 bits per heavy atom. The summed E-state index contributed by atoms with van der Waals surface area (Å²) in [6, 6.07) is 18.1. The molecule has 0 aliphatic carbocycles. The second-order valence-corrected chi connectivity index (χ2v) is 9.48. The van der Waals surface area contributed by atoms with Gasteiger partial charge in [0.05, 0.1) is 4.90 Å². The Hall–Kier alpha value is -3.37. The van der Waals surface area contributed by atoms with Gasteiger partial charge >= 0.3 is 16.1 Å². The SMILES string of the molecule is Cc1ccc(S(=O)(=O)NC(=O)Nc2cccc(S(=O)(=O)Oc3ccccc3)c2)cc1. The van der Waals surface area contributed by atoms with Gasteiger partial charge in [0.25, 0.3) is 10.0 Å². The van der Waals surface area contributed by atoms with Crippen molar-refractivity contribution in [2.75, 3.05) is 5.32 Å². The van der Waals surface area contributed by atoms with E-state index in [0.29, 0.717) is 0 Å². The molecule has 3 aromatic rings. The summed E-state index contributed by atoms with van der Waals surface area (Å²) in [6.07, 6.45) is 0. The van der Waals surface area contributed by atoms with Gasteiger partial charge in [-0.2, -0.15) is 8.42 Å². The topological polar surface area (TPSA) is 119 Å². The van der Waals surface area contributed by atoms with Crippen molar-refractivity contribution in [3.63, 3.8) is 0 Å². The molecule has 0 aromatic heterocycles. The number of carbonyl (C=O) groups excluding carboxylic acids is 1.